The minimum absolute atomic E-state index is 0.191. The maximum Gasteiger partial charge on any atom is 0.316 e. The van der Waals surface area contributed by atoms with Crippen LogP contribution < -0.4 is 21.3 Å². The van der Waals surface area contributed by atoms with E-state index in [1.165, 1.54) is 4.90 Å². The van der Waals surface area contributed by atoms with Gasteiger partial charge in [-0.25, -0.2) is 4.79 Å². The molecule has 7 heteroatoms. The zero-order chi connectivity index (χ0) is 16.0. The van der Waals surface area contributed by atoms with Gasteiger partial charge in [0.1, 0.15) is 0 Å². The number of nitrogen functional groups attached to an aromatic ring is 1. The van der Waals surface area contributed by atoms with Crippen LogP contribution in [0.15, 0.2) is 18.2 Å². The molecule has 0 fully saturated rings. The molecule has 0 spiro atoms. The van der Waals surface area contributed by atoms with E-state index in [9.17, 15) is 9.59 Å². The first-order valence-electron chi connectivity index (χ1n) is 6.63. The lowest BCUT2D eigenvalue weighted by atomic mass is 10.1. The van der Waals surface area contributed by atoms with Crippen molar-refractivity contribution in [3.63, 3.8) is 0 Å². The smallest absolute Gasteiger partial charge is 0.316 e. The van der Waals surface area contributed by atoms with Gasteiger partial charge in [0, 0.05) is 46.8 Å². The number of hydrogen-bond acceptors (Lipinski definition) is 4. The second kappa shape index (κ2) is 7.37. The minimum atomic E-state index is -0.217. The van der Waals surface area contributed by atoms with Crippen molar-refractivity contribution in [1.29, 1.82) is 0 Å². The third-order valence-electron chi connectivity index (χ3n) is 2.86. The van der Waals surface area contributed by atoms with Gasteiger partial charge in [-0.15, -0.1) is 0 Å². The lowest BCUT2D eigenvalue weighted by Gasteiger charge is -2.16. The molecular formula is C14H23N5O2. The molecule has 0 aliphatic heterocycles. The fourth-order valence-corrected chi connectivity index (χ4v) is 1.71. The fraction of sp³-hybridized carbons (Fsp3) is 0.429. The van der Waals surface area contributed by atoms with E-state index in [2.05, 4.69) is 10.6 Å². The Morgan fingerprint density at radius 1 is 1.10 bits per heavy atom. The summed E-state index contributed by atoms with van der Waals surface area (Å²) in [6.07, 6.45) is 0. The average molecular weight is 293 g/mol. The van der Waals surface area contributed by atoms with Gasteiger partial charge in [-0.1, -0.05) is 0 Å². The molecule has 0 aliphatic carbocycles. The molecule has 1 aromatic rings. The molecule has 0 saturated carbocycles. The summed E-state index contributed by atoms with van der Waals surface area (Å²) in [5.41, 5.74) is 7.82. The van der Waals surface area contributed by atoms with E-state index in [0.717, 1.165) is 5.69 Å². The summed E-state index contributed by atoms with van der Waals surface area (Å²) in [7, 11) is 7.09. The van der Waals surface area contributed by atoms with Gasteiger partial charge in [-0.3, -0.25) is 4.79 Å². The minimum Gasteiger partial charge on any atom is -0.397 e. The highest BCUT2D eigenvalue weighted by Gasteiger charge is 2.09. The summed E-state index contributed by atoms with van der Waals surface area (Å²) in [4.78, 5) is 26.6. The molecule has 4 N–H and O–H groups in total. The van der Waals surface area contributed by atoms with Crippen LogP contribution in [0.25, 0.3) is 0 Å². The molecule has 21 heavy (non-hydrogen) atoms. The largest absolute Gasteiger partial charge is 0.397 e. The number of nitrogens with two attached hydrogens (primary N) is 1. The molecule has 0 unspecified atom stereocenters. The molecule has 1 rings (SSSR count). The number of hydrogen-bond donors (Lipinski definition) is 3. The van der Waals surface area contributed by atoms with Gasteiger partial charge >= 0.3 is 6.03 Å². The number of urea groups is 1. The number of nitrogens with zero attached hydrogens (tertiary/aromatic N) is 2. The van der Waals surface area contributed by atoms with Crippen molar-refractivity contribution >= 4 is 23.3 Å². The molecule has 0 heterocycles. The Morgan fingerprint density at radius 3 is 2.24 bits per heavy atom. The lowest BCUT2D eigenvalue weighted by molar-refractivity contribution is 0.0953. The Kier molecular flexibility index (Phi) is 5.83. The van der Waals surface area contributed by atoms with Crippen LogP contribution in [0.1, 0.15) is 10.4 Å². The fourth-order valence-electron chi connectivity index (χ4n) is 1.71. The molecule has 116 valence electrons. The highest BCUT2D eigenvalue weighted by Crippen LogP contribution is 2.22. The zero-order valence-electron chi connectivity index (χ0n) is 12.9. The van der Waals surface area contributed by atoms with E-state index >= 15 is 0 Å². The first-order valence-corrected chi connectivity index (χ1v) is 6.63. The quantitative estimate of drug-likeness (QED) is 0.539. The maximum atomic E-state index is 12.0. The first-order chi connectivity index (χ1) is 9.82. The van der Waals surface area contributed by atoms with Crippen molar-refractivity contribution in [3.05, 3.63) is 23.8 Å². The van der Waals surface area contributed by atoms with Crippen molar-refractivity contribution in [3.8, 4) is 0 Å². The van der Waals surface area contributed by atoms with Crippen LogP contribution in [-0.2, 0) is 0 Å². The molecule has 0 saturated heterocycles. The predicted octanol–water partition coefficient (Wildman–Crippen LogP) is 0.336. The molecular weight excluding hydrogens is 270 g/mol. The van der Waals surface area contributed by atoms with Crippen LogP contribution in [0.5, 0.6) is 0 Å². The van der Waals surface area contributed by atoms with Crippen LogP contribution in [0, 0.1) is 0 Å². The van der Waals surface area contributed by atoms with Crippen LogP contribution in [0.4, 0.5) is 16.2 Å². The Balaban J connectivity index is 2.49. The normalized spacial score (nSPS) is 9.90. The van der Waals surface area contributed by atoms with Crippen LogP contribution in [-0.4, -0.2) is 58.1 Å². The molecule has 1 aromatic carbocycles. The van der Waals surface area contributed by atoms with E-state index in [4.69, 9.17) is 5.73 Å². The third-order valence-corrected chi connectivity index (χ3v) is 2.86. The first kappa shape index (κ1) is 16.6. The van der Waals surface area contributed by atoms with Crippen molar-refractivity contribution in [2.45, 2.75) is 0 Å². The van der Waals surface area contributed by atoms with Crippen LogP contribution in [0.2, 0.25) is 0 Å². The zero-order valence-corrected chi connectivity index (χ0v) is 12.9. The van der Waals surface area contributed by atoms with Gasteiger partial charge < -0.3 is 26.2 Å². The highest BCUT2D eigenvalue weighted by atomic mass is 16.2. The van der Waals surface area contributed by atoms with Gasteiger partial charge in [0.05, 0.1) is 11.4 Å². The number of anilines is 2. The summed E-state index contributed by atoms with van der Waals surface area (Å²) in [5, 5.41) is 5.39. The molecule has 0 aliphatic rings. The number of carbonyl (C=O) groups is 2. The third kappa shape index (κ3) is 4.87. The molecule has 7 nitrogen and oxygen atoms in total. The summed E-state index contributed by atoms with van der Waals surface area (Å²) < 4.78 is 0. The monoisotopic (exact) mass is 293 g/mol. The van der Waals surface area contributed by atoms with Gasteiger partial charge in [0.25, 0.3) is 5.91 Å². The molecule has 0 radical (unpaired) electrons. The van der Waals surface area contributed by atoms with Crippen molar-refractivity contribution < 1.29 is 9.59 Å². The van der Waals surface area contributed by atoms with E-state index < -0.39 is 0 Å². The van der Waals surface area contributed by atoms with Crippen molar-refractivity contribution in [2.24, 2.45) is 0 Å². The van der Waals surface area contributed by atoms with Gasteiger partial charge in [0.2, 0.25) is 0 Å². The maximum absolute atomic E-state index is 12.0. The van der Waals surface area contributed by atoms with E-state index in [0.29, 0.717) is 24.3 Å². The highest BCUT2D eigenvalue weighted by molar-refractivity contribution is 5.96. The summed E-state index contributed by atoms with van der Waals surface area (Å²) >= 11 is 0. The topological polar surface area (TPSA) is 90.7 Å². The lowest BCUT2D eigenvalue weighted by Crippen LogP contribution is -2.39. The van der Waals surface area contributed by atoms with Gasteiger partial charge in [-0.2, -0.15) is 0 Å². The van der Waals surface area contributed by atoms with Crippen LogP contribution >= 0.6 is 0 Å². The Labute approximate surface area is 125 Å². The summed E-state index contributed by atoms with van der Waals surface area (Å²) in [6, 6.07) is 4.98. The summed E-state index contributed by atoms with van der Waals surface area (Å²) in [6.45, 7) is 0.724. The molecule has 0 aromatic heterocycles. The van der Waals surface area contributed by atoms with Gasteiger partial charge in [0.15, 0.2) is 0 Å². The average Bonchev–Trinajstić information content (AvgIpc) is 2.42. The standard InChI is InChI=1S/C14H23N5O2/c1-18(2)12-6-5-10(9-11(12)15)13(20)16-7-8-17-14(21)19(3)4/h5-6,9H,7-8,15H2,1-4H3,(H,16,20)(H,17,21). The molecule has 3 amide bonds. The second-order valence-corrected chi connectivity index (χ2v) is 5.05. The number of carbonyl (C=O) groups excluding carboxylic acids is 2. The van der Waals surface area contributed by atoms with Crippen molar-refractivity contribution in [2.75, 3.05) is 51.9 Å². The predicted molar refractivity (Wildman–Crippen MR) is 84.6 cm³/mol. The van der Waals surface area contributed by atoms with Crippen LogP contribution in [0.3, 0.4) is 0 Å². The molecule has 0 atom stereocenters. The van der Waals surface area contributed by atoms with E-state index in [1.54, 1.807) is 32.3 Å². The van der Waals surface area contributed by atoms with E-state index in [1.807, 2.05) is 19.0 Å². The Morgan fingerprint density at radius 2 is 1.71 bits per heavy atom. The SMILES string of the molecule is CN(C)C(=O)NCCNC(=O)c1ccc(N(C)C)c(N)c1. The number of nitrogens with one attached hydrogen (secondary N) is 2. The number of rotatable bonds is 5. The van der Waals surface area contributed by atoms with E-state index in [-0.39, 0.29) is 11.9 Å². The number of amides is 3. The summed E-state index contributed by atoms with van der Waals surface area (Å²) in [5.74, 6) is -0.217. The Bertz CT molecular complexity index is 514. The Hall–Kier alpha value is -2.44. The number of benzene rings is 1. The molecule has 0 bridgehead atoms. The van der Waals surface area contributed by atoms with Gasteiger partial charge in [-0.05, 0) is 18.2 Å². The second-order valence-electron chi connectivity index (χ2n) is 5.05. The van der Waals surface area contributed by atoms with Crippen molar-refractivity contribution in [1.82, 2.24) is 15.5 Å².